The number of amides is 3. The van der Waals surface area contributed by atoms with Crippen molar-refractivity contribution in [1.29, 1.82) is 0 Å². The third-order valence-corrected chi connectivity index (χ3v) is 11.7. The average Bonchev–Trinajstić information content (AvgIpc) is 4.01. The van der Waals surface area contributed by atoms with Gasteiger partial charge in [-0.3, -0.25) is 9.59 Å². The van der Waals surface area contributed by atoms with Crippen LogP contribution in [0.5, 0.6) is 0 Å². The van der Waals surface area contributed by atoms with Crippen molar-refractivity contribution in [2.75, 3.05) is 26.8 Å². The van der Waals surface area contributed by atoms with Crippen molar-refractivity contribution in [2.45, 2.75) is 96.9 Å². The van der Waals surface area contributed by atoms with Crippen molar-refractivity contribution in [2.24, 2.45) is 17.8 Å². The van der Waals surface area contributed by atoms with E-state index in [4.69, 9.17) is 14.5 Å². The molecule has 0 saturated carbocycles. The van der Waals surface area contributed by atoms with E-state index in [1.165, 1.54) is 7.11 Å². The van der Waals surface area contributed by atoms with Crippen molar-refractivity contribution in [3.8, 4) is 23.1 Å². The van der Waals surface area contributed by atoms with Gasteiger partial charge in [-0.2, -0.15) is 67.5 Å². The highest BCUT2D eigenvalue weighted by Crippen LogP contribution is 2.45. The largest absolute Gasteiger partial charge is 0.453 e. The quantitative estimate of drug-likeness (QED) is 0.156. The van der Waals surface area contributed by atoms with Crippen molar-refractivity contribution in [1.82, 2.24) is 35.1 Å². The standard InChI is InChI=1S/C43H53N7O5.5H2S/c1-26(2)28(5)40(51)50-25-43(19-7-8-21-55-43)23-36(50)39-45-32-18-15-30(22-33(32)46-39)12-11-29-13-16-31(17-14-29)34-24-44-38(47-34)35-10-9-20-49(35)41(52)37(27(3)4)48-42(53)54-6;;;;;/h13-18,22,24,26-28,35-37H,7-10,19-21,23,25H2,1-6H3,(H,44,47)(H,45,46)(H,48,53);5*1H2/t28-,35-,36-,37-,43-;;;;;/m0...../s1. The molecule has 60 heavy (non-hydrogen) atoms. The Kier molecular flexibility index (Phi) is 19.9. The van der Waals surface area contributed by atoms with Crippen LogP contribution in [-0.4, -0.2) is 86.1 Å². The second kappa shape index (κ2) is 22.6. The summed E-state index contributed by atoms with van der Waals surface area (Å²) < 4.78 is 11.1. The molecule has 0 aliphatic carbocycles. The number of carbonyl (C=O) groups is 3. The highest BCUT2D eigenvalue weighted by molar-refractivity contribution is 7.60. The number of carbonyl (C=O) groups excluding carboxylic acids is 3. The van der Waals surface area contributed by atoms with E-state index >= 15 is 0 Å². The first kappa shape index (κ1) is 52.7. The number of aromatic nitrogens is 4. The van der Waals surface area contributed by atoms with E-state index in [0.717, 1.165) is 90.2 Å². The molecule has 3 saturated heterocycles. The van der Waals surface area contributed by atoms with Gasteiger partial charge in [0.25, 0.3) is 0 Å². The molecule has 330 valence electrons. The Morgan fingerprint density at radius 2 is 1.55 bits per heavy atom. The van der Waals surface area contributed by atoms with Gasteiger partial charge in [-0.05, 0) is 79.8 Å². The van der Waals surface area contributed by atoms with Gasteiger partial charge in [0.05, 0.1) is 54.3 Å². The molecule has 3 aliphatic rings. The van der Waals surface area contributed by atoms with Crippen LogP contribution in [-0.2, 0) is 19.1 Å². The van der Waals surface area contributed by atoms with Gasteiger partial charge in [0.15, 0.2) is 0 Å². The van der Waals surface area contributed by atoms with Gasteiger partial charge in [0.1, 0.15) is 17.7 Å². The number of nitrogens with one attached hydrogen (secondary N) is 3. The van der Waals surface area contributed by atoms with Crippen LogP contribution in [0.25, 0.3) is 22.3 Å². The monoisotopic (exact) mass is 917 g/mol. The lowest BCUT2D eigenvalue weighted by Crippen LogP contribution is -2.51. The predicted molar refractivity (Wildman–Crippen MR) is 261 cm³/mol. The van der Waals surface area contributed by atoms with E-state index in [1.54, 1.807) is 6.20 Å². The minimum Gasteiger partial charge on any atom is -0.453 e. The molecule has 5 atom stereocenters. The van der Waals surface area contributed by atoms with Gasteiger partial charge in [-0.15, -0.1) is 0 Å². The summed E-state index contributed by atoms with van der Waals surface area (Å²) in [7, 11) is 1.29. The molecule has 2 aromatic carbocycles. The van der Waals surface area contributed by atoms with Gasteiger partial charge in [0, 0.05) is 36.6 Å². The predicted octanol–water partition coefficient (Wildman–Crippen LogP) is 7.47. The molecule has 0 bridgehead atoms. The molecule has 3 aliphatic heterocycles. The molecule has 4 aromatic rings. The second-order valence-corrected chi connectivity index (χ2v) is 16.1. The average molecular weight is 918 g/mol. The minimum absolute atomic E-state index is 0. The molecule has 3 N–H and O–H groups in total. The molecule has 17 heteroatoms. The van der Waals surface area contributed by atoms with Crippen LogP contribution in [0.2, 0.25) is 0 Å². The summed E-state index contributed by atoms with van der Waals surface area (Å²) >= 11 is 0. The van der Waals surface area contributed by atoms with E-state index in [0.29, 0.717) is 13.1 Å². The fourth-order valence-electron chi connectivity index (χ4n) is 8.15. The second-order valence-electron chi connectivity index (χ2n) is 16.1. The van der Waals surface area contributed by atoms with Gasteiger partial charge in [-0.1, -0.05) is 58.6 Å². The number of hydrogen-bond donors (Lipinski definition) is 3. The number of benzene rings is 2. The lowest BCUT2D eigenvalue weighted by atomic mass is 9.91. The van der Waals surface area contributed by atoms with Crippen LogP contribution in [0, 0.1) is 29.6 Å². The summed E-state index contributed by atoms with van der Waals surface area (Å²) in [6, 6.07) is 12.9. The van der Waals surface area contributed by atoms with Crippen molar-refractivity contribution < 1.29 is 23.9 Å². The summed E-state index contributed by atoms with van der Waals surface area (Å²) in [5.41, 5.74) is 4.98. The fourth-order valence-corrected chi connectivity index (χ4v) is 8.15. The van der Waals surface area contributed by atoms with Gasteiger partial charge in [0.2, 0.25) is 11.8 Å². The molecule has 2 aromatic heterocycles. The van der Waals surface area contributed by atoms with Crippen LogP contribution in [0.1, 0.15) is 108 Å². The number of imidazole rings is 2. The van der Waals surface area contributed by atoms with Crippen molar-refractivity contribution >= 4 is 96.4 Å². The molecule has 12 nitrogen and oxygen atoms in total. The molecule has 1 spiro atoms. The topological polar surface area (TPSA) is 146 Å². The SMILES string of the molecule is COC(=O)N[C@H](C(=O)N1CCC[C@H]1c1ncc(-c2ccc(C#Cc3ccc4nc([C@@H]5C[C@@]6(CCCCO6)CN5C(=O)[C@@H](C)C(C)C)[nH]c4c3)cc2)[nH]1)C(C)C.S.S.S.S.S. The van der Waals surface area contributed by atoms with Crippen LogP contribution in [0.3, 0.4) is 0 Å². The van der Waals surface area contributed by atoms with Gasteiger partial charge in [-0.25, -0.2) is 14.8 Å². The smallest absolute Gasteiger partial charge is 0.407 e. The summed E-state index contributed by atoms with van der Waals surface area (Å²) in [6.45, 7) is 12.0. The van der Waals surface area contributed by atoms with E-state index in [9.17, 15) is 14.4 Å². The first-order chi connectivity index (χ1) is 26.4. The maximum atomic E-state index is 13.7. The first-order valence-electron chi connectivity index (χ1n) is 19.7. The normalized spacial score (nSPS) is 20.4. The third kappa shape index (κ3) is 11.3. The van der Waals surface area contributed by atoms with E-state index in [2.05, 4.69) is 46.0 Å². The Morgan fingerprint density at radius 3 is 2.20 bits per heavy atom. The van der Waals surface area contributed by atoms with Crippen LogP contribution in [0.15, 0.2) is 48.7 Å². The zero-order valence-electron chi connectivity index (χ0n) is 35.3. The molecule has 0 unspecified atom stereocenters. The summed E-state index contributed by atoms with van der Waals surface area (Å²) in [5, 5.41) is 2.70. The zero-order valence-corrected chi connectivity index (χ0v) is 40.3. The molecule has 5 heterocycles. The van der Waals surface area contributed by atoms with Gasteiger partial charge >= 0.3 is 6.09 Å². The highest BCUT2D eigenvalue weighted by atomic mass is 32.1. The number of nitrogens with zero attached hydrogens (tertiary/aromatic N) is 4. The van der Waals surface area contributed by atoms with E-state index in [-0.39, 0.29) is 115 Å². The molecular formula is C43H63N7O5S5. The van der Waals surface area contributed by atoms with Crippen LogP contribution >= 0.6 is 67.5 Å². The Hall–Kier alpha value is -3.40. The number of ether oxygens (including phenoxy) is 2. The number of alkyl carbamates (subject to hydrolysis) is 1. The Morgan fingerprint density at radius 1 is 0.850 bits per heavy atom. The third-order valence-electron chi connectivity index (χ3n) is 11.7. The summed E-state index contributed by atoms with van der Waals surface area (Å²) in [5.74, 6) is 8.22. The van der Waals surface area contributed by atoms with Crippen LogP contribution in [0.4, 0.5) is 4.79 Å². The molecular weight excluding hydrogens is 855 g/mol. The number of hydrogen-bond acceptors (Lipinski definition) is 7. The highest BCUT2D eigenvalue weighted by Gasteiger charge is 2.50. The summed E-state index contributed by atoms with van der Waals surface area (Å²) in [6.07, 6.45) is 6.71. The zero-order chi connectivity index (χ0) is 38.9. The van der Waals surface area contributed by atoms with Crippen molar-refractivity contribution in [3.05, 3.63) is 71.4 Å². The Balaban J connectivity index is 0.00000248. The van der Waals surface area contributed by atoms with E-state index in [1.807, 2.05) is 73.0 Å². The maximum absolute atomic E-state index is 13.7. The van der Waals surface area contributed by atoms with Crippen molar-refractivity contribution in [3.63, 3.8) is 0 Å². The Bertz CT molecular complexity index is 2110. The molecule has 3 fully saturated rings. The molecule has 0 radical (unpaired) electrons. The lowest BCUT2D eigenvalue weighted by Gasteiger charge is -2.33. The number of rotatable bonds is 8. The number of likely N-dealkylation sites (tertiary alicyclic amines) is 2. The first-order valence-corrected chi connectivity index (χ1v) is 19.7. The summed E-state index contributed by atoms with van der Waals surface area (Å²) in [4.78, 5) is 59.6. The van der Waals surface area contributed by atoms with Gasteiger partial charge < -0.3 is 34.6 Å². The van der Waals surface area contributed by atoms with Crippen LogP contribution < -0.4 is 5.32 Å². The maximum Gasteiger partial charge on any atom is 0.407 e. The number of methoxy groups -OCH3 is 1. The minimum atomic E-state index is -0.683. The molecule has 3 amide bonds. The number of aromatic amines is 2. The number of H-pyrrole nitrogens is 2. The lowest BCUT2D eigenvalue weighted by molar-refractivity contribution is -0.139. The van der Waals surface area contributed by atoms with E-state index < -0.39 is 12.1 Å². The number of fused-ring (bicyclic) bond motifs is 1. The molecule has 7 rings (SSSR count). The fraction of sp³-hybridized carbons (Fsp3) is 0.512. The Labute approximate surface area is 389 Å².